The molecular weight excluding hydrogens is 420 g/mol. The average molecular weight is 453 g/mol. The Morgan fingerprint density at radius 3 is 2.64 bits per heavy atom. The van der Waals surface area contributed by atoms with Crippen LogP contribution in [0.2, 0.25) is 0 Å². The maximum absolute atomic E-state index is 12.9. The first kappa shape index (κ1) is 24.2. The number of hydrogen-bond donors (Lipinski definition) is 1. The molecule has 0 amide bonds. The number of carbonyl (C=O) groups is 1. The second-order valence-corrected chi connectivity index (χ2v) is 8.90. The number of nitrogens with one attached hydrogen (secondary N) is 1. The van der Waals surface area contributed by atoms with E-state index in [1.54, 1.807) is 17.8 Å². The number of aromatic nitrogens is 4. The Labute approximate surface area is 193 Å². The van der Waals surface area contributed by atoms with E-state index in [9.17, 15) is 9.59 Å². The molecule has 3 aromatic rings. The van der Waals surface area contributed by atoms with Crippen LogP contribution in [0, 0.1) is 0 Å². The molecule has 0 spiro atoms. The van der Waals surface area contributed by atoms with Crippen LogP contribution in [0.1, 0.15) is 58.7 Å². The molecule has 8 nitrogen and oxygen atoms in total. The van der Waals surface area contributed by atoms with Gasteiger partial charge in [0.25, 0.3) is 5.56 Å². The van der Waals surface area contributed by atoms with Gasteiger partial charge in [0, 0.05) is 13.1 Å². The number of carbonyl (C=O) groups excluding carboxylic acids is 1. The Balaban J connectivity index is 2.08. The molecule has 1 N–H and O–H groups in total. The van der Waals surface area contributed by atoms with Crippen molar-refractivity contribution in [2.75, 3.05) is 6.61 Å². The highest BCUT2D eigenvalue weighted by molar-refractivity contribution is 5.88. The smallest absolute Gasteiger partial charge is 0.331 e. The van der Waals surface area contributed by atoms with Crippen LogP contribution in [0.4, 0.5) is 0 Å². The van der Waals surface area contributed by atoms with Gasteiger partial charge in [0.2, 0.25) is 0 Å². The molecule has 2 aromatic heterocycles. The van der Waals surface area contributed by atoms with Crippen LogP contribution >= 0.6 is 0 Å². The third-order valence-electron chi connectivity index (χ3n) is 4.79. The van der Waals surface area contributed by atoms with E-state index in [2.05, 4.69) is 17.0 Å². The van der Waals surface area contributed by atoms with Crippen LogP contribution in [-0.4, -0.2) is 37.9 Å². The van der Waals surface area contributed by atoms with Crippen LogP contribution in [0.25, 0.3) is 28.5 Å². The fourth-order valence-corrected chi connectivity index (χ4v) is 3.45. The van der Waals surface area contributed by atoms with Gasteiger partial charge < -0.3 is 14.5 Å². The van der Waals surface area contributed by atoms with Crippen LogP contribution in [0.3, 0.4) is 0 Å². The molecule has 0 bridgehead atoms. The lowest BCUT2D eigenvalue weighted by molar-refractivity contribution is -0.148. The Bertz CT molecular complexity index is 1230. The maximum atomic E-state index is 12.9. The molecule has 0 saturated heterocycles. The molecule has 0 fully saturated rings. The van der Waals surface area contributed by atoms with E-state index >= 15 is 0 Å². The van der Waals surface area contributed by atoms with E-state index in [-0.39, 0.29) is 5.56 Å². The van der Waals surface area contributed by atoms with Crippen LogP contribution < -0.4 is 10.3 Å². The van der Waals surface area contributed by atoms with Crippen molar-refractivity contribution >= 4 is 23.1 Å². The Morgan fingerprint density at radius 2 is 1.97 bits per heavy atom. The van der Waals surface area contributed by atoms with E-state index in [0.29, 0.717) is 34.8 Å². The summed E-state index contributed by atoms with van der Waals surface area (Å²) in [6.45, 7) is 10.1. The first-order valence-corrected chi connectivity index (χ1v) is 11.3. The number of benzene rings is 1. The molecule has 33 heavy (non-hydrogen) atoms. The lowest BCUT2D eigenvalue weighted by Crippen LogP contribution is -2.22. The number of hydrogen-bond acceptors (Lipinski definition) is 6. The Morgan fingerprint density at radius 1 is 1.21 bits per heavy atom. The number of ether oxygens (including phenoxy) is 2. The minimum atomic E-state index is -0.566. The number of H-pyrrole nitrogens is 1. The van der Waals surface area contributed by atoms with Gasteiger partial charge in [0.1, 0.15) is 22.7 Å². The van der Waals surface area contributed by atoms with Gasteiger partial charge in [-0.15, -0.1) is 0 Å². The summed E-state index contributed by atoms with van der Waals surface area (Å²) in [5.74, 6) is 0.578. The van der Waals surface area contributed by atoms with Crippen LogP contribution in [0.15, 0.2) is 29.1 Å². The Hall–Kier alpha value is -3.42. The standard InChI is InChI=1S/C25H32N4O4/c1-7-9-18-21-22(29(6)28-18)24(31)27-23(26-21)17-15-16(10-12-19(17)32-14-8-2)11-13-20(30)33-25(3,4)5/h10-13,15H,7-9,14H2,1-6H3,(H,26,27,31)/b13-11+. The molecule has 0 saturated carbocycles. The highest BCUT2D eigenvalue weighted by Crippen LogP contribution is 2.30. The van der Waals surface area contributed by atoms with Crippen molar-refractivity contribution in [2.24, 2.45) is 7.05 Å². The van der Waals surface area contributed by atoms with E-state index in [1.807, 2.05) is 45.9 Å². The van der Waals surface area contributed by atoms with Crippen LogP contribution in [0.5, 0.6) is 5.75 Å². The van der Waals surface area contributed by atoms with E-state index in [1.165, 1.54) is 6.08 Å². The predicted molar refractivity (Wildman–Crippen MR) is 129 cm³/mol. The lowest BCUT2D eigenvalue weighted by Gasteiger charge is -2.17. The molecule has 0 aliphatic rings. The van der Waals surface area contributed by atoms with Crippen molar-refractivity contribution in [1.29, 1.82) is 0 Å². The largest absolute Gasteiger partial charge is 0.493 e. The van der Waals surface area contributed by atoms with Gasteiger partial charge >= 0.3 is 5.97 Å². The summed E-state index contributed by atoms with van der Waals surface area (Å²) in [5.41, 5.74) is 2.39. The molecule has 0 atom stereocenters. The van der Waals surface area contributed by atoms with E-state index < -0.39 is 11.6 Å². The summed E-state index contributed by atoms with van der Waals surface area (Å²) in [6.07, 6.45) is 5.52. The van der Waals surface area contributed by atoms with Crippen LogP contribution in [-0.2, 0) is 23.0 Å². The number of esters is 1. The Kier molecular flexibility index (Phi) is 7.36. The molecule has 0 unspecified atom stereocenters. The fourth-order valence-electron chi connectivity index (χ4n) is 3.45. The summed E-state index contributed by atoms with van der Waals surface area (Å²) < 4.78 is 12.8. The van der Waals surface area contributed by atoms with Crippen molar-refractivity contribution in [3.05, 3.63) is 45.9 Å². The van der Waals surface area contributed by atoms with Crippen molar-refractivity contribution in [3.63, 3.8) is 0 Å². The summed E-state index contributed by atoms with van der Waals surface area (Å²) in [7, 11) is 1.75. The summed E-state index contributed by atoms with van der Waals surface area (Å²) in [4.78, 5) is 32.6. The predicted octanol–water partition coefficient (Wildman–Crippen LogP) is 4.42. The molecule has 176 valence electrons. The van der Waals surface area contributed by atoms with Gasteiger partial charge in [-0.1, -0.05) is 26.3 Å². The van der Waals surface area contributed by atoms with Gasteiger partial charge in [-0.25, -0.2) is 9.78 Å². The lowest BCUT2D eigenvalue weighted by atomic mass is 10.1. The molecular formula is C25H32N4O4. The quantitative estimate of drug-likeness (QED) is 0.401. The topological polar surface area (TPSA) is 99.1 Å². The van der Waals surface area contributed by atoms with E-state index in [0.717, 1.165) is 30.5 Å². The van der Waals surface area contributed by atoms with Crippen molar-refractivity contribution in [2.45, 2.75) is 59.5 Å². The molecule has 1 aromatic carbocycles. The third kappa shape index (κ3) is 5.88. The van der Waals surface area contributed by atoms with Gasteiger partial charge in [0.05, 0.1) is 17.9 Å². The maximum Gasteiger partial charge on any atom is 0.331 e. The molecule has 0 aliphatic heterocycles. The van der Waals surface area contributed by atoms with Gasteiger partial charge in [0.15, 0.2) is 5.52 Å². The van der Waals surface area contributed by atoms with Crippen molar-refractivity contribution < 1.29 is 14.3 Å². The second kappa shape index (κ2) is 10.0. The normalized spacial score (nSPS) is 11.9. The second-order valence-electron chi connectivity index (χ2n) is 8.90. The first-order valence-electron chi connectivity index (χ1n) is 11.3. The van der Waals surface area contributed by atoms with E-state index in [4.69, 9.17) is 14.5 Å². The molecule has 0 radical (unpaired) electrons. The molecule has 8 heteroatoms. The van der Waals surface area contributed by atoms with Crippen molar-refractivity contribution in [3.8, 4) is 17.1 Å². The molecule has 2 heterocycles. The number of nitrogens with zero attached hydrogens (tertiary/aromatic N) is 3. The average Bonchev–Trinajstić information content (AvgIpc) is 3.05. The molecule has 0 aliphatic carbocycles. The number of aromatic amines is 1. The molecule has 3 rings (SSSR count). The summed E-state index contributed by atoms with van der Waals surface area (Å²) in [6, 6.07) is 5.50. The zero-order valence-electron chi connectivity index (χ0n) is 20.2. The number of aryl methyl sites for hydroxylation is 2. The highest BCUT2D eigenvalue weighted by atomic mass is 16.6. The van der Waals surface area contributed by atoms with Crippen molar-refractivity contribution in [1.82, 2.24) is 19.7 Å². The summed E-state index contributed by atoms with van der Waals surface area (Å²) >= 11 is 0. The minimum Gasteiger partial charge on any atom is -0.493 e. The third-order valence-corrected chi connectivity index (χ3v) is 4.79. The number of fused-ring (bicyclic) bond motifs is 1. The zero-order chi connectivity index (χ0) is 24.2. The first-order chi connectivity index (χ1) is 15.6. The highest BCUT2D eigenvalue weighted by Gasteiger charge is 2.18. The monoisotopic (exact) mass is 452 g/mol. The van der Waals surface area contributed by atoms with Gasteiger partial charge in [-0.2, -0.15) is 5.10 Å². The fraction of sp³-hybridized carbons (Fsp3) is 0.440. The van der Waals surface area contributed by atoms with Gasteiger partial charge in [-0.3, -0.25) is 9.48 Å². The zero-order valence-corrected chi connectivity index (χ0v) is 20.2. The summed E-state index contributed by atoms with van der Waals surface area (Å²) in [5, 5.41) is 4.48. The minimum absolute atomic E-state index is 0.261. The number of rotatable bonds is 8. The SMILES string of the molecule is CCCOc1ccc(/C=C/C(=O)OC(C)(C)C)cc1-c1nc2c(CCC)nn(C)c2c(=O)[nH]1. The van der Waals surface area contributed by atoms with Gasteiger partial charge in [-0.05, 0) is 57.4 Å².